The van der Waals surface area contributed by atoms with Crippen molar-refractivity contribution in [1.82, 2.24) is 14.1 Å². The van der Waals surface area contributed by atoms with Gasteiger partial charge in [0.25, 0.3) is 0 Å². The number of aromatic nitrogens is 2. The van der Waals surface area contributed by atoms with E-state index in [9.17, 15) is 18.3 Å². The predicted molar refractivity (Wildman–Crippen MR) is 73.0 cm³/mol. The van der Waals surface area contributed by atoms with Gasteiger partial charge in [0, 0.05) is 25.9 Å². The molecule has 1 aromatic heterocycles. The number of aryl methyl sites for hydroxylation is 1. The highest BCUT2D eigenvalue weighted by molar-refractivity contribution is 7.89. The minimum Gasteiger partial charge on any atom is -0.481 e. The van der Waals surface area contributed by atoms with Crippen molar-refractivity contribution in [2.24, 2.45) is 5.92 Å². The highest BCUT2D eigenvalue weighted by atomic mass is 32.2. The third-order valence-electron chi connectivity index (χ3n) is 3.54. The first kappa shape index (κ1) is 15.9. The molecule has 0 saturated carbocycles. The molecule has 1 saturated heterocycles. The van der Waals surface area contributed by atoms with Gasteiger partial charge in [0.1, 0.15) is 4.90 Å². The van der Waals surface area contributed by atoms with Gasteiger partial charge >= 0.3 is 5.97 Å². The molecular weight excluding hydrogens is 298 g/mol. The molecule has 1 aliphatic rings. The Morgan fingerprint density at radius 1 is 1.48 bits per heavy atom. The van der Waals surface area contributed by atoms with Crippen LogP contribution in [-0.4, -0.2) is 58.4 Å². The average molecular weight is 317 g/mol. The molecule has 9 heteroatoms. The summed E-state index contributed by atoms with van der Waals surface area (Å²) in [6.45, 7) is 0.840. The molecule has 2 rings (SSSR count). The van der Waals surface area contributed by atoms with Crippen LogP contribution < -0.4 is 0 Å². The van der Waals surface area contributed by atoms with Crippen LogP contribution in [0.4, 0.5) is 0 Å². The molecule has 1 aliphatic heterocycles. The van der Waals surface area contributed by atoms with Crippen LogP contribution in [0.3, 0.4) is 0 Å². The number of nitrogens with zero attached hydrogens (tertiary/aromatic N) is 3. The minimum atomic E-state index is -3.63. The minimum absolute atomic E-state index is 0.0239. The van der Waals surface area contributed by atoms with Gasteiger partial charge in [-0.25, -0.2) is 8.42 Å². The number of rotatable bonds is 6. The second kappa shape index (κ2) is 6.54. The van der Waals surface area contributed by atoms with Crippen LogP contribution in [0, 0.1) is 5.92 Å². The van der Waals surface area contributed by atoms with E-state index >= 15 is 0 Å². The van der Waals surface area contributed by atoms with Gasteiger partial charge in [-0.1, -0.05) is 0 Å². The van der Waals surface area contributed by atoms with Gasteiger partial charge in [-0.05, 0) is 18.8 Å². The van der Waals surface area contributed by atoms with Gasteiger partial charge < -0.3 is 10.2 Å². The van der Waals surface area contributed by atoms with Crippen molar-refractivity contribution in [2.45, 2.75) is 30.7 Å². The van der Waals surface area contributed by atoms with E-state index in [-0.39, 0.29) is 30.4 Å². The van der Waals surface area contributed by atoms with E-state index in [4.69, 9.17) is 5.11 Å². The summed E-state index contributed by atoms with van der Waals surface area (Å²) >= 11 is 0. The van der Waals surface area contributed by atoms with Gasteiger partial charge in [0.2, 0.25) is 10.0 Å². The van der Waals surface area contributed by atoms with E-state index in [1.807, 2.05) is 0 Å². The van der Waals surface area contributed by atoms with Crippen molar-refractivity contribution in [3.8, 4) is 0 Å². The Balaban J connectivity index is 2.10. The smallest absolute Gasteiger partial charge is 0.305 e. The van der Waals surface area contributed by atoms with Crippen molar-refractivity contribution in [1.29, 1.82) is 0 Å². The molecule has 2 N–H and O–H groups in total. The SMILES string of the molecule is O=C(O)CCn1cc(S(=O)(=O)N2CCCC(CO)C2)cn1. The van der Waals surface area contributed by atoms with Gasteiger partial charge in [-0.3, -0.25) is 9.48 Å². The summed E-state index contributed by atoms with van der Waals surface area (Å²) in [4.78, 5) is 10.6. The fourth-order valence-corrected chi connectivity index (χ4v) is 3.86. The topological polar surface area (TPSA) is 113 Å². The Morgan fingerprint density at radius 2 is 2.24 bits per heavy atom. The summed E-state index contributed by atoms with van der Waals surface area (Å²) < 4.78 is 27.6. The lowest BCUT2D eigenvalue weighted by Gasteiger charge is -2.30. The first-order valence-electron chi connectivity index (χ1n) is 6.78. The first-order chi connectivity index (χ1) is 9.93. The van der Waals surface area contributed by atoms with Crippen LogP contribution in [0.15, 0.2) is 17.3 Å². The Labute approximate surface area is 123 Å². The van der Waals surface area contributed by atoms with E-state index in [1.54, 1.807) is 0 Å². The van der Waals surface area contributed by atoms with Crippen LogP contribution >= 0.6 is 0 Å². The fourth-order valence-electron chi connectivity index (χ4n) is 2.35. The zero-order valence-corrected chi connectivity index (χ0v) is 12.4. The molecule has 0 aliphatic carbocycles. The fraction of sp³-hybridized carbons (Fsp3) is 0.667. The van der Waals surface area contributed by atoms with Gasteiger partial charge in [-0.2, -0.15) is 9.40 Å². The van der Waals surface area contributed by atoms with Crippen molar-refractivity contribution in [3.05, 3.63) is 12.4 Å². The quantitative estimate of drug-likeness (QED) is 0.748. The number of carboxylic acid groups (broad SMARTS) is 1. The van der Waals surface area contributed by atoms with Gasteiger partial charge in [0.15, 0.2) is 0 Å². The van der Waals surface area contributed by atoms with Crippen LogP contribution in [-0.2, 0) is 21.4 Å². The maximum Gasteiger partial charge on any atom is 0.305 e. The molecule has 0 aromatic carbocycles. The molecule has 118 valence electrons. The number of sulfonamides is 1. The van der Waals surface area contributed by atoms with E-state index < -0.39 is 16.0 Å². The van der Waals surface area contributed by atoms with E-state index in [0.29, 0.717) is 13.1 Å². The lowest BCUT2D eigenvalue weighted by Crippen LogP contribution is -2.40. The van der Waals surface area contributed by atoms with Crippen LogP contribution in [0.2, 0.25) is 0 Å². The Kier molecular flexibility index (Phi) is 4.96. The second-order valence-corrected chi connectivity index (χ2v) is 7.07. The van der Waals surface area contributed by atoms with Crippen LogP contribution in [0.1, 0.15) is 19.3 Å². The van der Waals surface area contributed by atoms with Crippen molar-refractivity contribution in [3.63, 3.8) is 0 Å². The number of carboxylic acids is 1. The third-order valence-corrected chi connectivity index (χ3v) is 5.36. The highest BCUT2D eigenvalue weighted by Gasteiger charge is 2.30. The monoisotopic (exact) mass is 317 g/mol. The number of aliphatic hydroxyl groups is 1. The molecule has 0 amide bonds. The number of piperidine rings is 1. The largest absolute Gasteiger partial charge is 0.481 e. The molecule has 1 atom stereocenters. The number of hydrogen-bond acceptors (Lipinski definition) is 5. The van der Waals surface area contributed by atoms with E-state index in [2.05, 4.69) is 5.10 Å². The number of aliphatic hydroxyl groups excluding tert-OH is 1. The molecule has 1 unspecified atom stereocenters. The maximum atomic E-state index is 12.5. The average Bonchev–Trinajstić information content (AvgIpc) is 2.95. The van der Waals surface area contributed by atoms with E-state index in [1.165, 1.54) is 21.4 Å². The number of hydrogen-bond donors (Lipinski definition) is 2. The maximum absolute atomic E-state index is 12.5. The van der Waals surface area contributed by atoms with Gasteiger partial charge in [-0.15, -0.1) is 0 Å². The highest BCUT2D eigenvalue weighted by Crippen LogP contribution is 2.23. The Bertz CT molecular complexity index is 598. The zero-order valence-electron chi connectivity index (χ0n) is 11.6. The first-order valence-corrected chi connectivity index (χ1v) is 8.22. The summed E-state index contributed by atoms with van der Waals surface area (Å²) in [7, 11) is -3.63. The lowest BCUT2D eigenvalue weighted by molar-refractivity contribution is -0.137. The molecule has 0 bridgehead atoms. The zero-order chi connectivity index (χ0) is 15.5. The summed E-state index contributed by atoms with van der Waals surface area (Å²) in [5, 5.41) is 21.7. The second-order valence-electron chi connectivity index (χ2n) is 5.14. The van der Waals surface area contributed by atoms with Crippen LogP contribution in [0.5, 0.6) is 0 Å². The molecule has 2 heterocycles. The third kappa shape index (κ3) is 3.80. The normalized spacial score (nSPS) is 20.5. The number of carbonyl (C=O) groups is 1. The van der Waals surface area contributed by atoms with Crippen molar-refractivity contribution < 1.29 is 23.4 Å². The Hall–Kier alpha value is -1.45. The van der Waals surface area contributed by atoms with Crippen molar-refractivity contribution in [2.75, 3.05) is 19.7 Å². The summed E-state index contributed by atoms with van der Waals surface area (Å²) in [5.41, 5.74) is 0. The molecule has 1 fully saturated rings. The molecule has 0 radical (unpaired) electrons. The lowest BCUT2D eigenvalue weighted by atomic mass is 10.0. The standard InChI is InChI=1S/C12H19N3O5S/c16-9-10-2-1-4-15(7-10)21(19,20)11-6-13-14(8-11)5-3-12(17)18/h6,8,10,16H,1-5,7,9H2,(H,17,18). The van der Waals surface area contributed by atoms with Crippen LogP contribution in [0.25, 0.3) is 0 Å². The molecule has 0 spiro atoms. The molecule has 21 heavy (non-hydrogen) atoms. The predicted octanol–water partition coefficient (Wildman–Crippen LogP) is -0.249. The van der Waals surface area contributed by atoms with E-state index in [0.717, 1.165) is 12.8 Å². The Morgan fingerprint density at radius 3 is 2.90 bits per heavy atom. The molecule has 1 aromatic rings. The van der Waals surface area contributed by atoms with Gasteiger partial charge in [0.05, 0.1) is 19.2 Å². The molecule has 8 nitrogen and oxygen atoms in total. The number of aliphatic carboxylic acids is 1. The summed E-state index contributed by atoms with van der Waals surface area (Å²) in [5.74, 6) is -0.993. The summed E-state index contributed by atoms with van der Waals surface area (Å²) in [6.07, 6.45) is 4.01. The molecular formula is C12H19N3O5S. The van der Waals surface area contributed by atoms with Crippen molar-refractivity contribution >= 4 is 16.0 Å². The summed E-state index contributed by atoms with van der Waals surface area (Å²) in [6, 6.07) is 0.